The maximum atomic E-state index is 5.83. The fourth-order valence-electron chi connectivity index (χ4n) is 1.77. The van der Waals surface area contributed by atoms with Gasteiger partial charge in [-0.3, -0.25) is 0 Å². The average Bonchev–Trinajstić information content (AvgIpc) is 2.47. The maximum Gasteiger partial charge on any atom is 0.227 e. The van der Waals surface area contributed by atoms with Crippen molar-refractivity contribution in [3.63, 3.8) is 0 Å². The van der Waals surface area contributed by atoms with Crippen molar-refractivity contribution in [3.05, 3.63) is 30.3 Å². The highest BCUT2D eigenvalue weighted by atomic mass is 16.5. The van der Waals surface area contributed by atoms with Crippen LogP contribution in [0, 0.1) is 0 Å². The number of aromatic nitrogens is 2. The van der Waals surface area contributed by atoms with Crippen LogP contribution in [-0.4, -0.2) is 44.4 Å². The molecule has 0 bridgehead atoms. The predicted molar refractivity (Wildman–Crippen MR) is 83.6 cm³/mol. The van der Waals surface area contributed by atoms with Gasteiger partial charge in [-0.25, -0.2) is 4.98 Å². The van der Waals surface area contributed by atoms with Crippen molar-refractivity contribution in [1.82, 2.24) is 9.97 Å². The second-order valence-corrected chi connectivity index (χ2v) is 4.74. The minimum absolute atomic E-state index is 0.448. The molecule has 0 saturated heterocycles. The van der Waals surface area contributed by atoms with Crippen LogP contribution in [0.5, 0.6) is 5.75 Å². The molecule has 2 aromatic rings. The summed E-state index contributed by atoms with van der Waals surface area (Å²) >= 11 is 0. The zero-order valence-corrected chi connectivity index (χ0v) is 12.5. The molecule has 2 rings (SSSR count). The summed E-state index contributed by atoms with van der Waals surface area (Å²) in [6.45, 7) is 1.09. The standard InChI is InChI=1S/C15H20N4O2/c1-19(2)15-17-13(10-14(16)18-15)11-4-6-12(7-5-11)21-9-8-20-3/h4-7,10H,8-9H2,1-3H3,(H2,16,17,18). The van der Waals surface area contributed by atoms with E-state index in [2.05, 4.69) is 9.97 Å². The van der Waals surface area contributed by atoms with E-state index in [1.807, 2.05) is 43.3 Å². The molecular weight excluding hydrogens is 268 g/mol. The highest BCUT2D eigenvalue weighted by Gasteiger charge is 2.07. The predicted octanol–water partition coefficient (Wildman–Crippen LogP) is 1.82. The van der Waals surface area contributed by atoms with Crippen LogP contribution in [0.4, 0.5) is 11.8 Å². The summed E-state index contributed by atoms with van der Waals surface area (Å²) < 4.78 is 10.5. The molecule has 0 radical (unpaired) electrons. The van der Waals surface area contributed by atoms with Gasteiger partial charge >= 0.3 is 0 Å². The fraction of sp³-hybridized carbons (Fsp3) is 0.333. The van der Waals surface area contributed by atoms with Gasteiger partial charge < -0.3 is 20.1 Å². The molecule has 112 valence electrons. The average molecular weight is 288 g/mol. The van der Waals surface area contributed by atoms with Crippen molar-refractivity contribution in [2.75, 3.05) is 45.1 Å². The molecule has 6 heteroatoms. The van der Waals surface area contributed by atoms with Crippen LogP contribution in [-0.2, 0) is 4.74 Å². The molecule has 1 heterocycles. The maximum absolute atomic E-state index is 5.83. The number of nitrogen functional groups attached to an aromatic ring is 1. The number of benzene rings is 1. The van der Waals surface area contributed by atoms with E-state index >= 15 is 0 Å². The third kappa shape index (κ3) is 4.06. The molecule has 0 aliphatic carbocycles. The normalized spacial score (nSPS) is 10.4. The smallest absolute Gasteiger partial charge is 0.227 e. The van der Waals surface area contributed by atoms with Gasteiger partial charge in [-0.2, -0.15) is 4.98 Å². The van der Waals surface area contributed by atoms with Gasteiger partial charge in [0.1, 0.15) is 18.2 Å². The summed E-state index contributed by atoms with van der Waals surface area (Å²) in [5, 5.41) is 0. The lowest BCUT2D eigenvalue weighted by Gasteiger charge is -2.12. The third-order valence-corrected chi connectivity index (χ3v) is 2.84. The van der Waals surface area contributed by atoms with Crippen LogP contribution in [0.2, 0.25) is 0 Å². The first-order valence-corrected chi connectivity index (χ1v) is 6.64. The zero-order valence-electron chi connectivity index (χ0n) is 12.5. The molecule has 0 amide bonds. The van der Waals surface area contributed by atoms with E-state index in [1.165, 1.54) is 0 Å². The van der Waals surface area contributed by atoms with E-state index in [-0.39, 0.29) is 0 Å². The molecule has 0 spiro atoms. The topological polar surface area (TPSA) is 73.5 Å². The quantitative estimate of drug-likeness (QED) is 0.817. The van der Waals surface area contributed by atoms with Crippen LogP contribution >= 0.6 is 0 Å². The van der Waals surface area contributed by atoms with Crippen LogP contribution < -0.4 is 15.4 Å². The molecule has 2 N–H and O–H groups in total. The minimum Gasteiger partial charge on any atom is -0.491 e. The second kappa shape index (κ2) is 6.90. The molecule has 0 aliphatic heterocycles. The SMILES string of the molecule is COCCOc1ccc(-c2cc(N)nc(N(C)C)n2)cc1. The summed E-state index contributed by atoms with van der Waals surface area (Å²) in [7, 11) is 5.41. The molecule has 0 unspecified atom stereocenters. The van der Waals surface area contributed by atoms with E-state index in [0.29, 0.717) is 25.0 Å². The lowest BCUT2D eigenvalue weighted by molar-refractivity contribution is 0.146. The summed E-state index contributed by atoms with van der Waals surface area (Å²) in [5.41, 5.74) is 7.58. The number of hydrogen-bond donors (Lipinski definition) is 1. The highest BCUT2D eigenvalue weighted by Crippen LogP contribution is 2.23. The Hall–Kier alpha value is -2.34. The van der Waals surface area contributed by atoms with Crippen molar-refractivity contribution >= 4 is 11.8 Å². The highest BCUT2D eigenvalue weighted by molar-refractivity contribution is 5.64. The summed E-state index contributed by atoms with van der Waals surface area (Å²) in [4.78, 5) is 10.5. The van der Waals surface area contributed by atoms with Crippen LogP contribution in [0.25, 0.3) is 11.3 Å². The Kier molecular flexibility index (Phi) is 4.94. The second-order valence-electron chi connectivity index (χ2n) is 4.74. The summed E-state index contributed by atoms with van der Waals surface area (Å²) in [6, 6.07) is 9.46. The van der Waals surface area contributed by atoms with Crippen molar-refractivity contribution in [3.8, 4) is 17.0 Å². The van der Waals surface area contributed by atoms with Gasteiger partial charge in [0.2, 0.25) is 5.95 Å². The van der Waals surface area contributed by atoms with E-state index in [1.54, 1.807) is 13.2 Å². The molecule has 0 fully saturated rings. The summed E-state index contributed by atoms with van der Waals surface area (Å²) in [5.74, 6) is 1.83. The Morgan fingerprint density at radius 3 is 2.43 bits per heavy atom. The Bertz CT molecular complexity index is 585. The van der Waals surface area contributed by atoms with Crippen LogP contribution in [0.15, 0.2) is 30.3 Å². The third-order valence-electron chi connectivity index (χ3n) is 2.84. The van der Waals surface area contributed by atoms with Gasteiger partial charge in [0.05, 0.1) is 12.3 Å². The van der Waals surface area contributed by atoms with Gasteiger partial charge in [0.15, 0.2) is 0 Å². The first-order valence-electron chi connectivity index (χ1n) is 6.64. The van der Waals surface area contributed by atoms with Crippen molar-refractivity contribution in [2.45, 2.75) is 0 Å². The fourth-order valence-corrected chi connectivity index (χ4v) is 1.77. The molecule has 21 heavy (non-hydrogen) atoms. The number of hydrogen-bond acceptors (Lipinski definition) is 6. The Morgan fingerprint density at radius 1 is 1.10 bits per heavy atom. The first kappa shape index (κ1) is 15.1. The van der Waals surface area contributed by atoms with Crippen molar-refractivity contribution in [2.24, 2.45) is 0 Å². The van der Waals surface area contributed by atoms with Gasteiger partial charge in [-0.05, 0) is 24.3 Å². The number of methoxy groups -OCH3 is 1. The number of rotatable bonds is 6. The monoisotopic (exact) mass is 288 g/mol. The molecule has 0 atom stereocenters. The van der Waals surface area contributed by atoms with Crippen LogP contribution in [0.1, 0.15) is 0 Å². The molecule has 1 aromatic heterocycles. The van der Waals surface area contributed by atoms with Gasteiger partial charge in [0.25, 0.3) is 0 Å². The van der Waals surface area contributed by atoms with Crippen LogP contribution in [0.3, 0.4) is 0 Å². The minimum atomic E-state index is 0.448. The number of nitrogens with two attached hydrogens (primary N) is 1. The Labute approximate surface area is 124 Å². The summed E-state index contributed by atoms with van der Waals surface area (Å²) in [6.07, 6.45) is 0. The molecule has 6 nitrogen and oxygen atoms in total. The lowest BCUT2D eigenvalue weighted by Crippen LogP contribution is -2.14. The lowest BCUT2D eigenvalue weighted by atomic mass is 10.1. The molecule has 1 aromatic carbocycles. The number of ether oxygens (including phenoxy) is 2. The van der Waals surface area contributed by atoms with Gasteiger partial charge in [-0.15, -0.1) is 0 Å². The molecule has 0 saturated carbocycles. The van der Waals surface area contributed by atoms with E-state index in [9.17, 15) is 0 Å². The first-order chi connectivity index (χ1) is 10.1. The largest absolute Gasteiger partial charge is 0.491 e. The molecular formula is C15H20N4O2. The van der Waals surface area contributed by atoms with Gasteiger partial charge in [-0.1, -0.05) is 0 Å². The number of nitrogens with zero attached hydrogens (tertiary/aromatic N) is 3. The Balaban J connectivity index is 2.18. The van der Waals surface area contributed by atoms with Crippen molar-refractivity contribution in [1.29, 1.82) is 0 Å². The molecule has 0 aliphatic rings. The Morgan fingerprint density at radius 2 is 1.81 bits per heavy atom. The van der Waals surface area contributed by atoms with E-state index in [0.717, 1.165) is 17.0 Å². The van der Waals surface area contributed by atoms with Gasteiger partial charge in [0, 0.05) is 32.8 Å². The van der Waals surface area contributed by atoms with E-state index in [4.69, 9.17) is 15.2 Å². The number of anilines is 2. The zero-order chi connectivity index (χ0) is 15.2. The van der Waals surface area contributed by atoms with E-state index < -0.39 is 0 Å². The van der Waals surface area contributed by atoms with Crippen molar-refractivity contribution < 1.29 is 9.47 Å².